The van der Waals surface area contributed by atoms with Crippen molar-refractivity contribution in [2.45, 2.75) is 17.7 Å². The fourth-order valence-electron chi connectivity index (χ4n) is 2.77. The van der Waals surface area contributed by atoms with Crippen molar-refractivity contribution < 1.29 is 13.2 Å². The normalized spacial score (nSPS) is 14.3. The summed E-state index contributed by atoms with van der Waals surface area (Å²) < 4.78 is 26.7. The number of amides is 1. The van der Waals surface area contributed by atoms with Crippen LogP contribution in [0.15, 0.2) is 41.3 Å². The zero-order chi connectivity index (χ0) is 19.3. The summed E-state index contributed by atoms with van der Waals surface area (Å²) in [6.45, 7) is 2.22. The Kier molecular flexibility index (Phi) is 5.99. The lowest BCUT2D eigenvalue weighted by molar-refractivity contribution is 0.102. The standard InChI is InChI=1S/C17H22N6O3S/c18-8-9-19-27(25,26)14-5-3-4-13(12-14)20-17(24)15-6-7-16(22-21-15)23-10-1-2-11-23/h3-7,12,19H,1-2,8-11,18H2,(H,20,24). The van der Waals surface area contributed by atoms with Gasteiger partial charge in [-0.15, -0.1) is 10.2 Å². The second-order valence-electron chi connectivity index (χ2n) is 6.14. The van der Waals surface area contributed by atoms with Gasteiger partial charge < -0.3 is 16.0 Å². The number of aromatic nitrogens is 2. The van der Waals surface area contributed by atoms with Crippen molar-refractivity contribution in [1.82, 2.24) is 14.9 Å². The smallest absolute Gasteiger partial charge is 0.276 e. The van der Waals surface area contributed by atoms with E-state index in [9.17, 15) is 13.2 Å². The fourth-order valence-corrected chi connectivity index (χ4v) is 3.87. The van der Waals surface area contributed by atoms with Gasteiger partial charge in [-0.25, -0.2) is 13.1 Å². The first-order chi connectivity index (χ1) is 13.0. The molecule has 9 nitrogen and oxygen atoms in total. The van der Waals surface area contributed by atoms with Crippen LogP contribution in [0.4, 0.5) is 11.5 Å². The molecule has 0 radical (unpaired) electrons. The first-order valence-electron chi connectivity index (χ1n) is 8.69. The minimum atomic E-state index is -3.68. The van der Waals surface area contributed by atoms with Crippen LogP contribution >= 0.6 is 0 Å². The molecule has 1 aromatic carbocycles. The molecular weight excluding hydrogens is 368 g/mol. The Morgan fingerprint density at radius 1 is 1.15 bits per heavy atom. The Morgan fingerprint density at radius 2 is 1.93 bits per heavy atom. The molecule has 0 bridgehead atoms. The van der Waals surface area contributed by atoms with Crippen molar-refractivity contribution in [3.8, 4) is 0 Å². The second kappa shape index (κ2) is 8.42. The van der Waals surface area contributed by atoms with E-state index < -0.39 is 15.9 Å². The molecule has 0 unspecified atom stereocenters. The van der Waals surface area contributed by atoms with Gasteiger partial charge in [-0.2, -0.15) is 0 Å². The molecule has 4 N–H and O–H groups in total. The number of benzene rings is 1. The lowest BCUT2D eigenvalue weighted by Crippen LogP contribution is -2.29. The minimum Gasteiger partial charge on any atom is -0.355 e. The van der Waals surface area contributed by atoms with E-state index in [4.69, 9.17) is 5.73 Å². The topological polar surface area (TPSA) is 130 Å². The molecule has 1 aromatic heterocycles. The number of nitrogens with zero attached hydrogens (tertiary/aromatic N) is 3. The molecule has 10 heteroatoms. The van der Waals surface area contributed by atoms with E-state index in [1.165, 1.54) is 12.1 Å². The SMILES string of the molecule is NCCNS(=O)(=O)c1cccc(NC(=O)c2ccc(N3CCCC3)nn2)c1. The third-order valence-electron chi connectivity index (χ3n) is 4.15. The van der Waals surface area contributed by atoms with Gasteiger partial charge in [-0.1, -0.05) is 6.07 Å². The van der Waals surface area contributed by atoms with Crippen LogP contribution in [0.3, 0.4) is 0 Å². The van der Waals surface area contributed by atoms with Crippen LogP contribution in [0, 0.1) is 0 Å². The maximum absolute atomic E-state index is 12.4. The molecule has 1 fully saturated rings. The maximum atomic E-state index is 12.4. The van der Waals surface area contributed by atoms with Crippen LogP contribution in [-0.2, 0) is 10.0 Å². The van der Waals surface area contributed by atoms with Crippen LogP contribution < -0.4 is 20.7 Å². The lowest BCUT2D eigenvalue weighted by atomic mass is 10.3. The van der Waals surface area contributed by atoms with E-state index in [-0.39, 0.29) is 23.7 Å². The Bertz CT molecular complexity index is 895. The van der Waals surface area contributed by atoms with Gasteiger partial charge in [0.2, 0.25) is 10.0 Å². The van der Waals surface area contributed by atoms with Crippen molar-refractivity contribution >= 4 is 27.4 Å². The average Bonchev–Trinajstić information content (AvgIpc) is 3.21. The molecule has 144 valence electrons. The Hall–Kier alpha value is -2.56. The Balaban J connectivity index is 1.69. The predicted molar refractivity (Wildman–Crippen MR) is 102 cm³/mol. The third-order valence-corrected chi connectivity index (χ3v) is 5.61. The van der Waals surface area contributed by atoms with Gasteiger partial charge >= 0.3 is 0 Å². The summed E-state index contributed by atoms with van der Waals surface area (Å²) in [4.78, 5) is 14.5. The zero-order valence-electron chi connectivity index (χ0n) is 14.8. The van der Waals surface area contributed by atoms with Crippen LogP contribution in [0.25, 0.3) is 0 Å². The van der Waals surface area contributed by atoms with Crippen molar-refractivity contribution in [1.29, 1.82) is 0 Å². The summed E-state index contributed by atoms with van der Waals surface area (Å²) in [6, 6.07) is 9.35. The molecular formula is C17H22N6O3S. The summed E-state index contributed by atoms with van der Waals surface area (Å²) in [5, 5.41) is 10.7. The van der Waals surface area contributed by atoms with Gasteiger partial charge in [0.1, 0.15) is 0 Å². The number of carbonyl (C=O) groups is 1. The van der Waals surface area contributed by atoms with E-state index in [1.54, 1.807) is 24.3 Å². The van der Waals surface area contributed by atoms with Crippen LogP contribution in [0.5, 0.6) is 0 Å². The molecule has 1 amide bonds. The Morgan fingerprint density at radius 3 is 2.59 bits per heavy atom. The van der Waals surface area contributed by atoms with Crippen LogP contribution in [-0.4, -0.2) is 50.7 Å². The zero-order valence-corrected chi connectivity index (χ0v) is 15.6. The fraction of sp³-hybridized carbons (Fsp3) is 0.353. The first kappa shape index (κ1) is 19.2. The highest BCUT2D eigenvalue weighted by Gasteiger charge is 2.17. The van der Waals surface area contributed by atoms with Gasteiger partial charge in [0.15, 0.2) is 11.5 Å². The largest absolute Gasteiger partial charge is 0.355 e. The quantitative estimate of drug-likeness (QED) is 0.630. The highest BCUT2D eigenvalue weighted by Crippen LogP contribution is 2.18. The van der Waals surface area contributed by atoms with Gasteiger partial charge in [-0.05, 0) is 43.2 Å². The molecule has 2 aromatic rings. The van der Waals surface area contributed by atoms with E-state index in [2.05, 4.69) is 25.1 Å². The molecule has 1 aliphatic heterocycles. The highest BCUT2D eigenvalue weighted by atomic mass is 32.2. The van der Waals surface area contributed by atoms with Crippen molar-refractivity contribution in [2.24, 2.45) is 5.73 Å². The molecule has 1 saturated heterocycles. The number of carbonyl (C=O) groups excluding carboxylic acids is 1. The van der Waals surface area contributed by atoms with Gasteiger partial charge in [0.25, 0.3) is 5.91 Å². The molecule has 0 spiro atoms. The van der Waals surface area contributed by atoms with E-state index in [0.717, 1.165) is 31.7 Å². The molecule has 3 rings (SSSR count). The number of hydrogen-bond donors (Lipinski definition) is 3. The number of sulfonamides is 1. The Labute approximate surface area is 158 Å². The van der Waals surface area contributed by atoms with Crippen LogP contribution in [0.2, 0.25) is 0 Å². The lowest BCUT2D eigenvalue weighted by Gasteiger charge is -2.15. The van der Waals surface area contributed by atoms with Crippen molar-refractivity contribution in [3.05, 3.63) is 42.1 Å². The van der Waals surface area contributed by atoms with Crippen molar-refractivity contribution in [3.63, 3.8) is 0 Å². The van der Waals surface area contributed by atoms with E-state index in [1.807, 2.05) is 0 Å². The summed E-state index contributed by atoms with van der Waals surface area (Å²) in [7, 11) is -3.68. The molecule has 0 atom stereocenters. The molecule has 27 heavy (non-hydrogen) atoms. The molecule has 1 aliphatic rings. The summed E-state index contributed by atoms with van der Waals surface area (Å²) in [6.07, 6.45) is 2.26. The van der Waals surface area contributed by atoms with E-state index >= 15 is 0 Å². The van der Waals surface area contributed by atoms with Gasteiger partial charge in [0.05, 0.1) is 4.90 Å². The summed E-state index contributed by atoms with van der Waals surface area (Å²) in [5.41, 5.74) is 5.83. The average molecular weight is 390 g/mol. The minimum absolute atomic E-state index is 0.0456. The second-order valence-corrected chi connectivity index (χ2v) is 7.91. The number of hydrogen-bond acceptors (Lipinski definition) is 7. The first-order valence-corrected chi connectivity index (χ1v) is 10.2. The number of nitrogens with two attached hydrogens (primary N) is 1. The van der Waals surface area contributed by atoms with Gasteiger partial charge in [0, 0.05) is 31.9 Å². The number of nitrogens with one attached hydrogen (secondary N) is 2. The predicted octanol–water partition coefficient (Wildman–Crippen LogP) is 0.566. The molecule has 0 saturated carbocycles. The molecule has 2 heterocycles. The monoisotopic (exact) mass is 390 g/mol. The maximum Gasteiger partial charge on any atom is 0.276 e. The number of anilines is 2. The van der Waals surface area contributed by atoms with Crippen LogP contribution in [0.1, 0.15) is 23.3 Å². The highest BCUT2D eigenvalue weighted by molar-refractivity contribution is 7.89. The van der Waals surface area contributed by atoms with E-state index in [0.29, 0.717) is 5.69 Å². The third kappa shape index (κ3) is 4.79. The summed E-state index contributed by atoms with van der Waals surface area (Å²) >= 11 is 0. The van der Waals surface area contributed by atoms with Gasteiger partial charge in [-0.3, -0.25) is 4.79 Å². The molecule has 0 aliphatic carbocycles. The number of rotatable bonds is 7. The summed E-state index contributed by atoms with van der Waals surface area (Å²) in [5.74, 6) is 0.294. The van der Waals surface area contributed by atoms with Crippen molar-refractivity contribution in [2.75, 3.05) is 36.4 Å².